The number of nitrogens with two attached hydrogens (primary N) is 1. The summed E-state index contributed by atoms with van der Waals surface area (Å²) in [6, 6.07) is 9.75. The number of nitrogens with zero attached hydrogens (tertiary/aromatic N) is 2. The van der Waals surface area contributed by atoms with Gasteiger partial charge in [0, 0.05) is 11.6 Å². The van der Waals surface area contributed by atoms with Gasteiger partial charge in [-0.15, -0.1) is 0 Å². The first-order valence-corrected chi connectivity index (χ1v) is 7.33. The number of primary amides is 1. The Kier molecular flexibility index (Phi) is 4.16. The maximum Gasteiger partial charge on any atom is 0.252 e. The van der Waals surface area contributed by atoms with Crippen molar-refractivity contribution in [3.63, 3.8) is 0 Å². The number of carbonyl (C=O) groups is 1. The van der Waals surface area contributed by atoms with Crippen LogP contribution in [0.5, 0.6) is 0 Å². The van der Waals surface area contributed by atoms with Gasteiger partial charge in [0.2, 0.25) is 0 Å². The van der Waals surface area contributed by atoms with E-state index in [4.69, 9.17) is 5.73 Å². The topological polar surface area (TPSA) is 60.9 Å². The van der Waals surface area contributed by atoms with Crippen LogP contribution in [0.4, 0.5) is 0 Å². The van der Waals surface area contributed by atoms with E-state index in [-0.39, 0.29) is 5.41 Å². The molecular formula is C17H23N3O. The summed E-state index contributed by atoms with van der Waals surface area (Å²) in [5, 5.41) is 4.66. The smallest absolute Gasteiger partial charge is 0.252 e. The average molecular weight is 285 g/mol. The van der Waals surface area contributed by atoms with Crippen LogP contribution >= 0.6 is 0 Å². The van der Waals surface area contributed by atoms with Crippen LogP contribution < -0.4 is 5.73 Å². The predicted octanol–water partition coefficient (Wildman–Crippen LogP) is 3.29. The van der Waals surface area contributed by atoms with E-state index in [1.165, 1.54) is 0 Å². The highest BCUT2D eigenvalue weighted by molar-refractivity contribution is 5.94. The summed E-state index contributed by atoms with van der Waals surface area (Å²) in [6.45, 7) is 8.55. The van der Waals surface area contributed by atoms with Gasteiger partial charge in [-0.2, -0.15) is 5.10 Å². The number of rotatable bonds is 5. The van der Waals surface area contributed by atoms with Gasteiger partial charge < -0.3 is 5.73 Å². The minimum Gasteiger partial charge on any atom is -0.365 e. The van der Waals surface area contributed by atoms with Gasteiger partial charge in [-0.3, -0.25) is 4.79 Å². The molecule has 0 aliphatic rings. The van der Waals surface area contributed by atoms with Gasteiger partial charge in [-0.05, 0) is 18.1 Å². The van der Waals surface area contributed by atoms with E-state index in [0.29, 0.717) is 11.5 Å². The number of amides is 1. The lowest BCUT2D eigenvalue weighted by Gasteiger charge is -2.30. The Bertz CT molecular complexity index is 629. The van der Waals surface area contributed by atoms with Gasteiger partial charge in [0.1, 0.15) is 0 Å². The summed E-state index contributed by atoms with van der Waals surface area (Å²) in [4.78, 5) is 11.8. The van der Waals surface area contributed by atoms with E-state index in [1.807, 2.05) is 30.3 Å². The van der Waals surface area contributed by atoms with E-state index in [9.17, 15) is 4.79 Å². The standard InChI is InChI=1S/C17H23N3O/c1-5-12(2)17(3,4)15-14(16(18)21)11-20(19-15)13-9-7-6-8-10-13/h6-12H,5H2,1-4H3,(H2,18,21). The summed E-state index contributed by atoms with van der Waals surface area (Å²) in [5.41, 5.74) is 7.54. The van der Waals surface area contributed by atoms with E-state index in [1.54, 1.807) is 10.9 Å². The van der Waals surface area contributed by atoms with Crippen LogP contribution in [0.2, 0.25) is 0 Å². The van der Waals surface area contributed by atoms with Crippen molar-refractivity contribution in [1.82, 2.24) is 9.78 Å². The van der Waals surface area contributed by atoms with Crippen LogP contribution in [0, 0.1) is 5.92 Å². The summed E-state index contributed by atoms with van der Waals surface area (Å²) < 4.78 is 1.74. The SMILES string of the molecule is CCC(C)C(C)(C)c1nn(-c2ccccc2)cc1C(N)=O. The van der Waals surface area contributed by atoms with E-state index in [2.05, 4.69) is 32.8 Å². The zero-order chi connectivity index (χ0) is 15.6. The van der Waals surface area contributed by atoms with Crippen LogP contribution in [0.15, 0.2) is 36.5 Å². The largest absolute Gasteiger partial charge is 0.365 e. The molecule has 1 aromatic carbocycles. The number of benzene rings is 1. The molecule has 4 nitrogen and oxygen atoms in total. The molecule has 0 spiro atoms. The Morgan fingerprint density at radius 1 is 1.33 bits per heavy atom. The number of para-hydroxylation sites is 1. The molecule has 1 unspecified atom stereocenters. The van der Waals surface area contributed by atoms with Gasteiger partial charge in [0.25, 0.3) is 5.91 Å². The normalized spacial score (nSPS) is 13.1. The fourth-order valence-electron chi connectivity index (χ4n) is 2.49. The van der Waals surface area contributed by atoms with Crippen molar-refractivity contribution < 1.29 is 4.79 Å². The molecule has 2 N–H and O–H groups in total. The zero-order valence-corrected chi connectivity index (χ0v) is 13.1. The lowest BCUT2D eigenvalue weighted by atomic mass is 9.74. The Labute approximate surface area is 126 Å². The van der Waals surface area contributed by atoms with Gasteiger partial charge in [-0.1, -0.05) is 52.3 Å². The Hall–Kier alpha value is -2.10. The van der Waals surface area contributed by atoms with Crippen molar-refractivity contribution in [3.8, 4) is 5.69 Å². The van der Waals surface area contributed by atoms with Crippen LogP contribution in [-0.2, 0) is 5.41 Å². The second kappa shape index (κ2) is 5.72. The predicted molar refractivity (Wildman–Crippen MR) is 84.6 cm³/mol. The minimum atomic E-state index is -0.427. The maximum absolute atomic E-state index is 11.8. The molecule has 0 aliphatic carbocycles. The Morgan fingerprint density at radius 2 is 1.95 bits per heavy atom. The molecule has 0 aliphatic heterocycles. The van der Waals surface area contributed by atoms with Crippen molar-refractivity contribution in [2.45, 2.75) is 39.5 Å². The zero-order valence-electron chi connectivity index (χ0n) is 13.1. The molecule has 1 amide bonds. The van der Waals surface area contributed by atoms with Gasteiger partial charge in [0.05, 0.1) is 16.9 Å². The van der Waals surface area contributed by atoms with Gasteiger partial charge >= 0.3 is 0 Å². The van der Waals surface area contributed by atoms with Crippen LogP contribution in [0.1, 0.15) is 50.2 Å². The van der Waals surface area contributed by atoms with Crippen LogP contribution in [0.25, 0.3) is 5.69 Å². The number of aromatic nitrogens is 2. The Morgan fingerprint density at radius 3 is 2.48 bits per heavy atom. The summed E-state index contributed by atoms with van der Waals surface area (Å²) in [5.74, 6) is -0.0294. The molecule has 1 aromatic heterocycles. The highest BCUT2D eigenvalue weighted by atomic mass is 16.1. The molecular weight excluding hydrogens is 262 g/mol. The fourth-order valence-corrected chi connectivity index (χ4v) is 2.49. The minimum absolute atomic E-state index is 0.209. The average Bonchev–Trinajstić information content (AvgIpc) is 2.93. The molecule has 1 heterocycles. The summed E-state index contributed by atoms with van der Waals surface area (Å²) in [6.07, 6.45) is 2.75. The molecule has 4 heteroatoms. The molecule has 0 saturated carbocycles. The van der Waals surface area contributed by atoms with Crippen molar-refractivity contribution in [3.05, 3.63) is 47.8 Å². The van der Waals surface area contributed by atoms with Crippen LogP contribution in [-0.4, -0.2) is 15.7 Å². The van der Waals surface area contributed by atoms with Crippen molar-refractivity contribution in [2.75, 3.05) is 0 Å². The number of hydrogen-bond acceptors (Lipinski definition) is 2. The third kappa shape index (κ3) is 2.84. The van der Waals surface area contributed by atoms with E-state index < -0.39 is 5.91 Å². The molecule has 0 fully saturated rings. The first-order chi connectivity index (χ1) is 9.87. The highest BCUT2D eigenvalue weighted by Crippen LogP contribution is 2.34. The van der Waals surface area contributed by atoms with Crippen molar-refractivity contribution >= 4 is 5.91 Å². The summed E-state index contributed by atoms with van der Waals surface area (Å²) >= 11 is 0. The van der Waals surface area contributed by atoms with Gasteiger partial charge in [0.15, 0.2) is 0 Å². The molecule has 0 radical (unpaired) electrons. The molecule has 2 rings (SSSR count). The summed E-state index contributed by atoms with van der Waals surface area (Å²) in [7, 11) is 0. The molecule has 21 heavy (non-hydrogen) atoms. The lowest BCUT2D eigenvalue weighted by molar-refractivity contribution is 0.0997. The van der Waals surface area contributed by atoms with Crippen molar-refractivity contribution in [2.24, 2.45) is 11.7 Å². The molecule has 112 valence electrons. The van der Waals surface area contributed by atoms with E-state index >= 15 is 0 Å². The lowest BCUT2D eigenvalue weighted by Crippen LogP contribution is -2.30. The van der Waals surface area contributed by atoms with Crippen LogP contribution in [0.3, 0.4) is 0 Å². The first-order valence-electron chi connectivity index (χ1n) is 7.33. The quantitative estimate of drug-likeness (QED) is 0.916. The third-order valence-electron chi connectivity index (χ3n) is 4.46. The molecule has 0 saturated heterocycles. The molecule has 0 bridgehead atoms. The second-order valence-corrected chi connectivity index (χ2v) is 6.07. The van der Waals surface area contributed by atoms with Gasteiger partial charge in [-0.25, -0.2) is 4.68 Å². The Balaban J connectivity index is 2.56. The number of carbonyl (C=O) groups excluding carboxylic acids is 1. The maximum atomic E-state index is 11.8. The third-order valence-corrected chi connectivity index (χ3v) is 4.46. The molecule has 2 aromatic rings. The molecule has 1 atom stereocenters. The monoisotopic (exact) mass is 285 g/mol. The highest BCUT2D eigenvalue weighted by Gasteiger charge is 2.33. The number of hydrogen-bond donors (Lipinski definition) is 1. The van der Waals surface area contributed by atoms with Crippen molar-refractivity contribution in [1.29, 1.82) is 0 Å². The van der Waals surface area contributed by atoms with E-state index in [0.717, 1.165) is 17.8 Å². The fraction of sp³-hybridized carbons (Fsp3) is 0.412. The first kappa shape index (κ1) is 15.3. The second-order valence-electron chi connectivity index (χ2n) is 6.07.